The Labute approximate surface area is 300 Å². The molecule has 15 heteroatoms. The molecule has 1 unspecified atom stereocenters. The fourth-order valence-electron chi connectivity index (χ4n) is 7.13. The maximum absolute atomic E-state index is 13.9. The maximum atomic E-state index is 13.9. The van der Waals surface area contributed by atoms with Crippen LogP contribution in [0.25, 0.3) is 10.9 Å². The van der Waals surface area contributed by atoms with Gasteiger partial charge < -0.3 is 33.9 Å². The number of carbonyl (C=O) groups excluding carboxylic acids is 1. The Morgan fingerprint density at radius 2 is 1.69 bits per heavy atom. The highest BCUT2D eigenvalue weighted by molar-refractivity contribution is 7.86. The van der Waals surface area contributed by atoms with Crippen LogP contribution in [-0.2, 0) is 28.1 Å². The fourth-order valence-corrected chi connectivity index (χ4v) is 8.26. The van der Waals surface area contributed by atoms with Crippen molar-refractivity contribution < 1.29 is 36.9 Å². The van der Waals surface area contributed by atoms with E-state index in [-0.39, 0.29) is 31.5 Å². The Morgan fingerprint density at radius 3 is 2.43 bits per heavy atom. The number of rotatable bonds is 7. The van der Waals surface area contributed by atoms with Gasteiger partial charge in [-0.2, -0.15) is 17.0 Å². The molecule has 51 heavy (non-hydrogen) atoms. The topological polar surface area (TPSA) is 135 Å². The van der Waals surface area contributed by atoms with Crippen molar-refractivity contribution in [2.75, 3.05) is 92.8 Å². The van der Waals surface area contributed by atoms with Crippen molar-refractivity contribution in [3.8, 4) is 28.7 Å². The number of nitrogens with one attached hydrogen (secondary N) is 1. The Balaban J connectivity index is 1.35. The van der Waals surface area contributed by atoms with Crippen LogP contribution >= 0.6 is 0 Å². The van der Waals surface area contributed by atoms with Crippen LogP contribution in [0, 0.1) is 5.92 Å². The second-order valence-electron chi connectivity index (χ2n) is 13.5. The molecule has 2 aromatic carbocycles. The van der Waals surface area contributed by atoms with Gasteiger partial charge in [0, 0.05) is 70.4 Å². The molecule has 1 N–H and O–H groups in total. The summed E-state index contributed by atoms with van der Waals surface area (Å²) in [5, 5.41) is 3.90. The van der Waals surface area contributed by atoms with E-state index in [1.54, 1.807) is 35.4 Å². The van der Waals surface area contributed by atoms with Gasteiger partial charge in [0.25, 0.3) is 10.2 Å². The Bertz CT molecular complexity index is 1820. The van der Waals surface area contributed by atoms with Crippen molar-refractivity contribution in [3.63, 3.8) is 0 Å². The van der Waals surface area contributed by atoms with E-state index in [0.29, 0.717) is 92.0 Å². The zero-order valence-electron chi connectivity index (χ0n) is 30.3. The van der Waals surface area contributed by atoms with Crippen LogP contribution in [0.2, 0.25) is 0 Å². The van der Waals surface area contributed by atoms with Crippen LogP contribution in [0.15, 0.2) is 30.3 Å². The summed E-state index contributed by atoms with van der Waals surface area (Å²) in [7, 11) is 3.98. The number of carbonyl (C=O) groups is 1. The van der Waals surface area contributed by atoms with E-state index in [1.165, 1.54) is 8.61 Å². The third-order valence-corrected chi connectivity index (χ3v) is 11.6. The van der Waals surface area contributed by atoms with E-state index in [1.807, 2.05) is 30.3 Å². The van der Waals surface area contributed by atoms with E-state index in [4.69, 9.17) is 28.7 Å². The molecule has 1 saturated heterocycles. The van der Waals surface area contributed by atoms with Crippen molar-refractivity contribution >= 4 is 32.8 Å². The minimum atomic E-state index is -3.81. The number of piperidine rings is 1. The molecule has 3 aliphatic rings. The normalized spacial score (nSPS) is 19.8. The number of amides is 1. The quantitative estimate of drug-likeness (QED) is 0.385. The molecule has 14 nitrogen and oxygen atoms in total. The van der Waals surface area contributed by atoms with E-state index in [2.05, 4.69) is 15.1 Å². The van der Waals surface area contributed by atoms with Gasteiger partial charge in [0.15, 0.2) is 23.0 Å². The maximum Gasteiger partial charge on any atom is 0.281 e. The van der Waals surface area contributed by atoms with Gasteiger partial charge in [0.05, 0.1) is 33.4 Å². The first-order valence-corrected chi connectivity index (χ1v) is 18.9. The number of pyridine rings is 1. The number of methoxy groups -OCH3 is 3. The predicted molar refractivity (Wildman–Crippen MR) is 194 cm³/mol. The lowest BCUT2D eigenvalue weighted by Gasteiger charge is -2.36. The number of aromatic nitrogens is 1. The van der Waals surface area contributed by atoms with Crippen LogP contribution in [0.5, 0.6) is 28.7 Å². The molecular formula is C36H50N6O8S. The lowest BCUT2D eigenvalue weighted by molar-refractivity contribution is -0.122. The summed E-state index contributed by atoms with van der Waals surface area (Å²) in [5.74, 6) is 3.69. The zero-order chi connectivity index (χ0) is 36.1. The summed E-state index contributed by atoms with van der Waals surface area (Å²) in [4.78, 5) is 22.9. The van der Waals surface area contributed by atoms with E-state index in [0.717, 1.165) is 36.3 Å². The molecule has 1 amide bonds. The number of anilines is 1. The standard InChI is InChI=1S/C36H50N6O8S/c1-39(2)51(44,45)42-14-7-6-12-40(21-25-10-11-30-31(17-25)50-16-15-49-30)24-33(43)37-20-26-9-8-13-41(22-26)36-27(23-42)18-28-29(38-36)19-32(46-3)35(48-5)34(28)47-4/h10-11,17-19,26H,6-9,12-16,20-24H2,1-5H3,(H,37,43). The molecule has 0 radical (unpaired) electrons. The number of hydrogen-bond donors (Lipinski definition) is 1. The van der Waals surface area contributed by atoms with Gasteiger partial charge in [-0.25, -0.2) is 4.98 Å². The number of ether oxygens (including phenoxy) is 5. The summed E-state index contributed by atoms with van der Waals surface area (Å²) in [6.07, 6.45) is 3.13. The Morgan fingerprint density at radius 1 is 0.922 bits per heavy atom. The largest absolute Gasteiger partial charge is 0.493 e. The average Bonchev–Trinajstić information content (AvgIpc) is 3.13. The summed E-state index contributed by atoms with van der Waals surface area (Å²) in [6, 6.07) is 9.69. The smallest absolute Gasteiger partial charge is 0.281 e. The summed E-state index contributed by atoms with van der Waals surface area (Å²) in [6.45, 7) is 4.77. The highest BCUT2D eigenvalue weighted by Crippen LogP contribution is 2.44. The van der Waals surface area contributed by atoms with Crippen LogP contribution in [0.3, 0.4) is 0 Å². The number of benzene rings is 2. The molecule has 3 aliphatic heterocycles. The minimum Gasteiger partial charge on any atom is -0.493 e. The van der Waals surface area contributed by atoms with Crippen molar-refractivity contribution in [1.82, 2.24) is 23.8 Å². The number of nitrogens with zero attached hydrogens (tertiary/aromatic N) is 5. The molecule has 278 valence electrons. The molecule has 4 heterocycles. The van der Waals surface area contributed by atoms with Crippen LogP contribution in [0.4, 0.5) is 5.82 Å². The third-order valence-electron chi connectivity index (χ3n) is 9.73. The second-order valence-corrected chi connectivity index (χ2v) is 15.6. The van der Waals surface area contributed by atoms with Crippen molar-refractivity contribution in [2.45, 2.75) is 38.8 Å². The second kappa shape index (κ2) is 16.1. The van der Waals surface area contributed by atoms with Gasteiger partial charge in [0.1, 0.15) is 19.0 Å². The Hall–Kier alpha value is -4.05. The number of hydrogen-bond acceptors (Lipinski definition) is 11. The van der Waals surface area contributed by atoms with Crippen molar-refractivity contribution in [1.29, 1.82) is 0 Å². The average molecular weight is 727 g/mol. The lowest BCUT2D eigenvalue weighted by atomic mass is 9.97. The zero-order valence-corrected chi connectivity index (χ0v) is 31.1. The SMILES string of the molecule is COc1cc2nc3c(cc2c(OC)c1OC)CN(S(=O)(=O)N(C)C)CCCCN(Cc1ccc2c(c1)OCCO2)CC(=O)NCC1CCCN3C1. The van der Waals surface area contributed by atoms with Gasteiger partial charge >= 0.3 is 0 Å². The highest BCUT2D eigenvalue weighted by atomic mass is 32.2. The van der Waals surface area contributed by atoms with Crippen molar-refractivity contribution in [2.24, 2.45) is 5.92 Å². The van der Waals surface area contributed by atoms with E-state index >= 15 is 0 Å². The summed E-state index contributed by atoms with van der Waals surface area (Å²) >= 11 is 0. The molecule has 0 saturated carbocycles. The summed E-state index contributed by atoms with van der Waals surface area (Å²) < 4.78 is 59.1. The molecule has 0 aliphatic carbocycles. The third kappa shape index (κ3) is 8.21. The van der Waals surface area contributed by atoms with Crippen LogP contribution < -0.4 is 33.9 Å². The van der Waals surface area contributed by atoms with Gasteiger partial charge in [0.2, 0.25) is 11.7 Å². The molecule has 1 fully saturated rings. The molecule has 6 rings (SSSR count). The first-order chi connectivity index (χ1) is 24.6. The first-order valence-electron chi connectivity index (χ1n) is 17.5. The molecule has 2 bridgehead atoms. The lowest BCUT2D eigenvalue weighted by Crippen LogP contribution is -2.45. The highest BCUT2D eigenvalue weighted by Gasteiger charge is 2.30. The Kier molecular flexibility index (Phi) is 11.6. The van der Waals surface area contributed by atoms with E-state index < -0.39 is 10.2 Å². The van der Waals surface area contributed by atoms with Gasteiger partial charge in [-0.15, -0.1) is 0 Å². The van der Waals surface area contributed by atoms with E-state index in [9.17, 15) is 13.2 Å². The fraction of sp³-hybridized carbons (Fsp3) is 0.556. The summed E-state index contributed by atoms with van der Waals surface area (Å²) in [5.41, 5.74) is 2.42. The van der Waals surface area contributed by atoms with Gasteiger partial charge in [-0.3, -0.25) is 9.69 Å². The monoisotopic (exact) mass is 726 g/mol. The van der Waals surface area contributed by atoms with Crippen molar-refractivity contribution in [3.05, 3.63) is 41.5 Å². The van der Waals surface area contributed by atoms with Gasteiger partial charge in [-0.1, -0.05) is 6.07 Å². The molecule has 3 aromatic rings. The molecule has 1 atom stereocenters. The van der Waals surface area contributed by atoms with Gasteiger partial charge in [-0.05, 0) is 61.9 Å². The first kappa shape index (κ1) is 36.7. The minimum absolute atomic E-state index is 0.0359. The predicted octanol–water partition coefficient (Wildman–Crippen LogP) is 3.27. The van der Waals surface area contributed by atoms with Crippen LogP contribution in [-0.4, -0.2) is 121 Å². The molecule has 0 spiro atoms. The molecular weight excluding hydrogens is 676 g/mol. The van der Waals surface area contributed by atoms with Crippen LogP contribution in [0.1, 0.15) is 36.8 Å². The number of fused-ring (bicyclic) bond motifs is 6. The molecule has 1 aromatic heterocycles.